The molecule has 2 aromatic rings. The molecule has 0 spiro atoms. The highest BCUT2D eigenvalue weighted by atomic mass is 32.1. The van der Waals surface area contributed by atoms with Gasteiger partial charge in [0.05, 0.1) is 0 Å². The molecule has 1 fully saturated rings. The summed E-state index contributed by atoms with van der Waals surface area (Å²) in [6, 6.07) is 5.74. The van der Waals surface area contributed by atoms with E-state index in [1.807, 2.05) is 0 Å². The Morgan fingerprint density at radius 2 is 2.25 bits per heavy atom. The number of hydrogen-bond acceptors (Lipinski definition) is 4. The minimum atomic E-state index is -0.368. The van der Waals surface area contributed by atoms with Gasteiger partial charge in [0, 0.05) is 12.5 Å². The summed E-state index contributed by atoms with van der Waals surface area (Å²) >= 11 is 1.40. The number of urea groups is 1. The fourth-order valence-corrected chi connectivity index (χ4v) is 2.66. The molecule has 2 amide bonds. The van der Waals surface area contributed by atoms with Crippen LogP contribution >= 0.6 is 11.3 Å². The molecule has 2 N–H and O–H groups in total. The van der Waals surface area contributed by atoms with Crippen molar-refractivity contribution in [3.8, 4) is 0 Å². The number of rotatable bonds is 4. The first kappa shape index (κ1) is 13.0. The van der Waals surface area contributed by atoms with E-state index < -0.39 is 0 Å². The quantitative estimate of drug-likeness (QED) is 0.910. The third kappa shape index (κ3) is 3.30. The maximum Gasteiger partial charge on any atom is 0.321 e. The maximum absolute atomic E-state index is 13.0. The highest BCUT2D eigenvalue weighted by molar-refractivity contribution is 7.15. The summed E-state index contributed by atoms with van der Waals surface area (Å²) in [5.74, 6) is 0.210. The zero-order chi connectivity index (χ0) is 13.9. The van der Waals surface area contributed by atoms with Crippen LogP contribution < -0.4 is 10.6 Å². The fourth-order valence-electron chi connectivity index (χ4n) is 1.75. The molecule has 0 aliphatic heterocycles. The van der Waals surface area contributed by atoms with E-state index >= 15 is 0 Å². The molecular formula is C13H13FN4OS. The summed E-state index contributed by atoms with van der Waals surface area (Å²) in [6.07, 6.45) is 2.31. The van der Waals surface area contributed by atoms with Crippen LogP contribution in [-0.2, 0) is 6.54 Å². The number of nitrogens with one attached hydrogen (secondary N) is 2. The van der Waals surface area contributed by atoms with Gasteiger partial charge in [-0.2, -0.15) is 0 Å². The second-order valence-corrected chi connectivity index (χ2v) is 5.67. The van der Waals surface area contributed by atoms with Crippen LogP contribution in [-0.4, -0.2) is 16.2 Å². The van der Waals surface area contributed by atoms with Crippen molar-refractivity contribution in [3.05, 3.63) is 40.7 Å². The van der Waals surface area contributed by atoms with Crippen LogP contribution in [0.4, 0.5) is 14.3 Å². The zero-order valence-electron chi connectivity index (χ0n) is 10.6. The van der Waals surface area contributed by atoms with Crippen molar-refractivity contribution < 1.29 is 9.18 Å². The van der Waals surface area contributed by atoms with Crippen molar-refractivity contribution in [2.75, 3.05) is 5.32 Å². The number of halogens is 1. The smallest absolute Gasteiger partial charge is 0.321 e. The Morgan fingerprint density at radius 3 is 3.00 bits per heavy atom. The summed E-state index contributed by atoms with van der Waals surface area (Å²) < 4.78 is 13.0. The van der Waals surface area contributed by atoms with Crippen LogP contribution in [0.5, 0.6) is 0 Å². The van der Waals surface area contributed by atoms with Gasteiger partial charge in [-0.05, 0) is 30.5 Å². The number of aromatic nitrogens is 2. The molecule has 7 heteroatoms. The van der Waals surface area contributed by atoms with Crippen molar-refractivity contribution in [1.29, 1.82) is 0 Å². The molecule has 0 atom stereocenters. The summed E-state index contributed by atoms with van der Waals surface area (Å²) in [4.78, 5) is 11.7. The Morgan fingerprint density at radius 1 is 1.40 bits per heavy atom. The van der Waals surface area contributed by atoms with E-state index in [9.17, 15) is 9.18 Å². The highest BCUT2D eigenvalue weighted by Crippen LogP contribution is 2.41. The van der Waals surface area contributed by atoms with Crippen molar-refractivity contribution in [2.45, 2.75) is 25.3 Å². The van der Waals surface area contributed by atoms with Gasteiger partial charge in [0.1, 0.15) is 10.8 Å². The van der Waals surface area contributed by atoms with E-state index in [2.05, 4.69) is 20.8 Å². The van der Waals surface area contributed by atoms with Crippen molar-refractivity contribution in [1.82, 2.24) is 15.5 Å². The van der Waals surface area contributed by atoms with Crippen molar-refractivity contribution >= 4 is 22.5 Å². The van der Waals surface area contributed by atoms with Gasteiger partial charge >= 0.3 is 6.03 Å². The predicted molar refractivity (Wildman–Crippen MR) is 74.1 cm³/mol. The summed E-state index contributed by atoms with van der Waals surface area (Å²) in [6.45, 7) is 0.262. The first-order valence-electron chi connectivity index (χ1n) is 6.33. The molecule has 3 rings (SSSR count). The average Bonchev–Trinajstić information content (AvgIpc) is 3.18. The standard InChI is InChI=1S/C13H13FN4OS/c14-10-3-1-2-8(6-10)7-15-12(19)16-13-18-17-11(20-13)9-4-5-9/h1-3,6,9H,4-5,7H2,(H2,15,16,18,19). The van der Waals surface area contributed by atoms with E-state index in [1.54, 1.807) is 12.1 Å². The maximum atomic E-state index is 13.0. The van der Waals surface area contributed by atoms with Crippen molar-refractivity contribution in [2.24, 2.45) is 0 Å². The van der Waals surface area contributed by atoms with Gasteiger partial charge < -0.3 is 5.32 Å². The van der Waals surface area contributed by atoms with Gasteiger partial charge in [-0.3, -0.25) is 5.32 Å². The Balaban J connectivity index is 1.51. The molecule has 5 nitrogen and oxygen atoms in total. The fraction of sp³-hybridized carbons (Fsp3) is 0.308. The first-order chi connectivity index (χ1) is 9.70. The molecule has 1 heterocycles. The van der Waals surface area contributed by atoms with Gasteiger partial charge in [0.2, 0.25) is 5.13 Å². The third-order valence-electron chi connectivity index (χ3n) is 2.93. The summed E-state index contributed by atoms with van der Waals surface area (Å²) in [5.41, 5.74) is 0.705. The number of nitrogens with zero attached hydrogens (tertiary/aromatic N) is 2. The molecule has 1 aromatic heterocycles. The number of benzene rings is 1. The second-order valence-electron chi connectivity index (χ2n) is 4.66. The van der Waals surface area contributed by atoms with Crippen LogP contribution in [0.2, 0.25) is 0 Å². The molecule has 1 aromatic carbocycles. The molecule has 0 saturated heterocycles. The summed E-state index contributed by atoms with van der Waals surface area (Å²) in [5, 5.41) is 14.7. The number of carbonyl (C=O) groups excluding carboxylic acids is 1. The van der Waals surface area contributed by atoms with Crippen molar-refractivity contribution in [3.63, 3.8) is 0 Å². The van der Waals surface area contributed by atoms with E-state index in [1.165, 1.54) is 23.5 Å². The molecule has 0 unspecified atom stereocenters. The van der Waals surface area contributed by atoms with E-state index in [-0.39, 0.29) is 18.4 Å². The minimum Gasteiger partial charge on any atom is -0.334 e. The van der Waals surface area contributed by atoms with Gasteiger partial charge in [0.15, 0.2) is 0 Å². The van der Waals surface area contributed by atoms with Crippen LogP contribution in [0.15, 0.2) is 24.3 Å². The highest BCUT2D eigenvalue weighted by Gasteiger charge is 2.27. The lowest BCUT2D eigenvalue weighted by Crippen LogP contribution is -2.28. The number of anilines is 1. The molecule has 1 aliphatic rings. The minimum absolute atomic E-state index is 0.262. The molecule has 0 bridgehead atoms. The molecule has 1 aliphatic carbocycles. The Labute approximate surface area is 119 Å². The number of amides is 2. The number of hydrogen-bond donors (Lipinski definition) is 2. The largest absolute Gasteiger partial charge is 0.334 e. The number of carbonyl (C=O) groups is 1. The molecule has 104 valence electrons. The van der Waals surface area contributed by atoms with Crippen LogP contribution in [0.1, 0.15) is 29.3 Å². The lowest BCUT2D eigenvalue weighted by Gasteiger charge is -2.05. The lowest BCUT2D eigenvalue weighted by atomic mass is 10.2. The Bertz CT molecular complexity index is 626. The van der Waals surface area contributed by atoms with Gasteiger partial charge in [-0.25, -0.2) is 9.18 Å². The van der Waals surface area contributed by atoms with E-state index in [0.717, 1.165) is 17.8 Å². The average molecular weight is 292 g/mol. The Kier molecular flexibility index (Phi) is 3.60. The van der Waals surface area contributed by atoms with Gasteiger partial charge in [-0.15, -0.1) is 10.2 Å². The predicted octanol–water partition coefficient (Wildman–Crippen LogP) is 2.88. The molecular weight excluding hydrogens is 279 g/mol. The third-order valence-corrected chi connectivity index (χ3v) is 3.93. The van der Waals surface area contributed by atoms with Crippen LogP contribution in [0.25, 0.3) is 0 Å². The normalized spacial score (nSPS) is 14.1. The van der Waals surface area contributed by atoms with Crippen LogP contribution in [0, 0.1) is 5.82 Å². The molecule has 0 radical (unpaired) electrons. The zero-order valence-corrected chi connectivity index (χ0v) is 11.4. The van der Waals surface area contributed by atoms with Crippen LogP contribution in [0.3, 0.4) is 0 Å². The monoisotopic (exact) mass is 292 g/mol. The Hall–Kier alpha value is -2.02. The SMILES string of the molecule is O=C(NCc1cccc(F)c1)Nc1nnc(C2CC2)s1. The molecule has 1 saturated carbocycles. The van der Waals surface area contributed by atoms with Gasteiger partial charge in [-0.1, -0.05) is 23.5 Å². The second kappa shape index (κ2) is 5.54. The topological polar surface area (TPSA) is 66.9 Å². The summed E-state index contributed by atoms with van der Waals surface area (Å²) in [7, 11) is 0. The lowest BCUT2D eigenvalue weighted by molar-refractivity contribution is 0.251. The van der Waals surface area contributed by atoms with E-state index in [4.69, 9.17) is 0 Å². The van der Waals surface area contributed by atoms with Gasteiger partial charge in [0.25, 0.3) is 0 Å². The van der Waals surface area contributed by atoms with E-state index in [0.29, 0.717) is 16.6 Å². The molecule has 20 heavy (non-hydrogen) atoms. The first-order valence-corrected chi connectivity index (χ1v) is 7.15.